The Labute approximate surface area is 127 Å². The highest BCUT2D eigenvalue weighted by atomic mass is 16.4. The van der Waals surface area contributed by atoms with Crippen molar-refractivity contribution in [2.45, 2.75) is 58.0 Å². The number of carboxylic acid groups (broad SMARTS) is 1. The van der Waals surface area contributed by atoms with Gasteiger partial charge in [0, 0.05) is 12.6 Å². The van der Waals surface area contributed by atoms with Crippen LogP contribution < -0.4 is 0 Å². The maximum absolute atomic E-state index is 11.9. The van der Waals surface area contributed by atoms with E-state index in [4.69, 9.17) is 0 Å². The van der Waals surface area contributed by atoms with E-state index in [0.29, 0.717) is 6.04 Å². The molecule has 1 saturated carbocycles. The van der Waals surface area contributed by atoms with Crippen molar-refractivity contribution in [1.82, 2.24) is 4.90 Å². The number of aliphatic carboxylic acids is 1. The van der Waals surface area contributed by atoms with E-state index in [1.54, 1.807) is 0 Å². The zero-order chi connectivity index (χ0) is 15.0. The van der Waals surface area contributed by atoms with Gasteiger partial charge in [-0.1, -0.05) is 51.0 Å². The van der Waals surface area contributed by atoms with Gasteiger partial charge in [0.15, 0.2) is 0 Å². The van der Waals surface area contributed by atoms with Crippen molar-refractivity contribution in [1.29, 1.82) is 0 Å². The third-order valence-electron chi connectivity index (χ3n) is 5.41. The molecular weight excluding hydrogens is 262 g/mol. The topological polar surface area (TPSA) is 40.5 Å². The molecule has 2 unspecified atom stereocenters. The van der Waals surface area contributed by atoms with Gasteiger partial charge in [0.2, 0.25) is 0 Å². The minimum absolute atomic E-state index is 0.207. The average Bonchev–Trinajstić information content (AvgIpc) is 2.45. The molecule has 0 radical (unpaired) electrons. The van der Waals surface area contributed by atoms with E-state index >= 15 is 0 Å². The van der Waals surface area contributed by atoms with Gasteiger partial charge < -0.3 is 5.11 Å². The van der Waals surface area contributed by atoms with Gasteiger partial charge in [0.25, 0.3) is 0 Å². The third kappa shape index (κ3) is 2.59. The van der Waals surface area contributed by atoms with E-state index in [0.717, 1.165) is 24.9 Å². The van der Waals surface area contributed by atoms with E-state index in [9.17, 15) is 9.90 Å². The molecular formula is C18H25NO2. The maximum atomic E-state index is 11.9. The summed E-state index contributed by atoms with van der Waals surface area (Å²) in [6.45, 7) is 5.47. The van der Waals surface area contributed by atoms with E-state index < -0.39 is 12.0 Å². The van der Waals surface area contributed by atoms with Crippen molar-refractivity contribution in [3.05, 3.63) is 35.4 Å². The second kappa shape index (κ2) is 5.45. The predicted molar refractivity (Wildman–Crippen MR) is 83.3 cm³/mol. The maximum Gasteiger partial charge on any atom is 0.325 e. The van der Waals surface area contributed by atoms with E-state index in [1.165, 1.54) is 24.8 Å². The summed E-state index contributed by atoms with van der Waals surface area (Å²) in [5.41, 5.74) is 2.41. The Balaban J connectivity index is 1.97. The van der Waals surface area contributed by atoms with Crippen LogP contribution in [-0.2, 0) is 11.2 Å². The lowest BCUT2D eigenvalue weighted by molar-refractivity contribution is -0.147. The van der Waals surface area contributed by atoms with E-state index in [-0.39, 0.29) is 5.41 Å². The van der Waals surface area contributed by atoms with Gasteiger partial charge in [0.05, 0.1) is 0 Å². The molecule has 1 heterocycles. The normalized spacial score (nSPS) is 28.9. The minimum atomic E-state index is -0.705. The molecule has 1 N–H and O–H groups in total. The highest BCUT2D eigenvalue weighted by Gasteiger charge is 2.43. The van der Waals surface area contributed by atoms with Gasteiger partial charge in [-0.3, -0.25) is 9.69 Å². The van der Waals surface area contributed by atoms with E-state index in [2.05, 4.69) is 24.8 Å². The number of fused-ring (bicyclic) bond motifs is 1. The molecule has 0 spiro atoms. The lowest BCUT2D eigenvalue weighted by Gasteiger charge is -2.49. The lowest BCUT2D eigenvalue weighted by atomic mass is 9.71. The highest BCUT2D eigenvalue weighted by molar-refractivity contribution is 5.76. The molecule has 0 aromatic heterocycles. The average molecular weight is 287 g/mol. The number of hydrogen-bond donors (Lipinski definition) is 1. The number of hydrogen-bond acceptors (Lipinski definition) is 2. The largest absolute Gasteiger partial charge is 0.480 e. The van der Waals surface area contributed by atoms with Crippen LogP contribution in [0, 0.1) is 5.41 Å². The molecule has 1 aliphatic heterocycles. The number of benzene rings is 1. The molecule has 0 bridgehead atoms. The van der Waals surface area contributed by atoms with Crippen molar-refractivity contribution in [3.8, 4) is 0 Å². The Hall–Kier alpha value is -1.35. The number of carboxylic acids is 1. The van der Waals surface area contributed by atoms with E-state index in [1.807, 2.05) is 18.2 Å². The Morgan fingerprint density at radius 1 is 1.29 bits per heavy atom. The molecule has 1 fully saturated rings. The summed E-state index contributed by atoms with van der Waals surface area (Å²) in [5, 5.41) is 9.81. The van der Waals surface area contributed by atoms with Gasteiger partial charge in [-0.2, -0.15) is 0 Å². The van der Waals surface area contributed by atoms with Crippen LogP contribution in [0.2, 0.25) is 0 Å². The van der Waals surface area contributed by atoms with Crippen molar-refractivity contribution in [3.63, 3.8) is 0 Å². The van der Waals surface area contributed by atoms with Gasteiger partial charge in [0.1, 0.15) is 6.04 Å². The molecule has 3 rings (SSSR count). The molecule has 1 aliphatic carbocycles. The molecule has 3 heteroatoms. The van der Waals surface area contributed by atoms with Crippen molar-refractivity contribution < 1.29 is 9.90 Å². The van der Waals surface area contributed by atoms with Crippen molar-refractivity contribution in [2.24, 2.45) is 5.41 Å². The fourth-order valence-electron chi connectivity index (χ4n) is 4.29. The number of rotatable bonds is 2. The Morgan fingerprint density at radius 3 is 2.76 bits per heavy atom. The molecule has 0 saturated heterocycles. The molecule has 1 aromatic carbocycles. The first kappa shape index (κ1) is 14.6. The van der Waals surface area contributed by atoms with Crippen LogP contribution in [0.1, 0.15) is 56.7 Å². The summed E-state index contributed by atoms with van der Waals surface area (Å²) < 4.78 is 0. The van der Waals surface area contributed by atoms with Crippen LogP contribution in [0.15, 0.2) is 24.3 Å². The smallest absolute Gasteiger partial charge is 0.325 e. The van der Waals surface area contributed by atoms with Gasteiger partial charge in [-0.15, -0.1) is 0 Å². The summed E-state index contributed by atoms with van der Waals surface area (Å²) in [6, 6.07) is 7.95. The minimum Gasteiger partial charge on any atom is -0.480 e. The summed E-state index contributed by atoms with van der Waals surface area (Å²) in [5.74, 6) is -0.705. The molecule has 2 aliphatic rings. The van der Waals surface area contributed by atoms with Crippen LogP contribution in [0.25, 0.3) is 0 Å². The molecule has 114 valence electrons. The zero-order valence-electron chi connectivity index (χ0n) is 13.0. The Bertz CT molecular complexity index is 538. The second-order valence-corrected chi connectivity index (χ2v) is 7.18. The fraction of sp³-hybridized carbons (Fsp3) is 0.611. The standard InChI is InChI=1S/C18H25NO2/c1-18(2)11-6-5-9-15(18)19-12-10-13-7-3-4-8-14(13)16(19)17(20)21/h3-4,7-8,15-16H,5-6,9-12H2,1-2H3,(H,20,21). The summed E-state index contributed by atoms with van der Waals surface area (Å²) in [7, 11) is 0. The highest BCUT2D eigenvalue weighted by Crippen LogP contribution is 2.43. The monoisotopic (exact) mass is 287 g/mol. The lowest BCUT2D eigenvalue weighted by Crippen LogP contribution is -2.52. The van der Waals surface area contributed by atoms with Crippen LogP contribution in [0.5, 0.6) is 0 Å². The molecule has 0 amide bonds. The summed E-state index contributed by atoms with van der Waals surface area (Å²) in [6.07, 6.45) is 5.78. The van der Waals surface area contributed by atoms with Crippen LogP contribution in [-0.4, -0.2) is 28.6 Å². The Kier molecular flexibility index (Phi) is 3.78. The van der Waals surface area contributed by atoms with Gasteiger partial charge in [-0.05, 0) is 35.8 Å². The summed E-state index contributed by atoms with van der Waals surface area (Å²) in [4.78, 5) is 14.2. The third-order valence-corrected chi connectivity index (χ3v) is 5.41. The van der Waals surface area contributed by atoms with Crippen LogP contribution in [0.4, 0.5) is 0 Å². The quantitative estimate of drug-likeness (QED) is 0.903. The Morgan fingerprint density at radius 2 is 2.05 bits per heavy atom. The van der Waals surface area contributed by atoms with Crippen molar-refractivity contribution in [2.75, 3.05) is 6.54 Å². The molecule has 2 atom stereocenters. The first-order valence-electron chi connectivity index (χ1n) is 8.07. The van der Waals surface area contributed by atoms with Crippen LogP contribution in [0.3, 0.4) is 0 Å². The first-order chi connectivity index (χ1) is 10.0. The molecule has 21 heavy (non-hydrogen) atoms. The fourth-order valence-corrected chi connectivity index (χ4v) is 4.29. The number of carbonyl (C=O) groups is 1. The van der Waals surface area contributed by atoms with Crippen molar-refractivity contribution >= 4 is 5.97 Å². The van der Waals surface area contributed by atoms with Gasteiger partial charge >= 0.3 is 5.97 Å². The first-order valence-corrected chi connectivity index (χ1v) is 8.07. The second-order valence-electron chi connectivity index (χ2n) is 7.18. The summed E-state index contributed by atoms with van der Waals surface area (Å²) >= 11 is 0. The zero-order valence-corrected chi connectivity index (χ0v) is 13.0. The predicted octanol–water partition coefficient (Wildman–Crippen LogP) is 3.64. The van der Waals surface area contributed by atoms with Crippen LogP contribution >= 0.6 is 0 Å². The SMILES string of the molecule is CC1(C)CCCCC1N1CCc2ccccc2C1C(=O)O. The molecule has 3 nitrogen and oxygen atoms in total. The number of nitrogens with zero attached hydrogens (tertiary/aromatic N) is 1. The van der Waals surface area contributed by atoms with Gasteiger partial charge in [-0.25, -0.2) is 0 Å². The molecule has 1 aromatic rings.